The van der Waals surface area contributed by atoms with E-state index < -0.39 is 33.2 Å². The number of halogens is 3. The zero-order valence-electron chi connectivity index (χ0n) is 23.3. The van der Waals surface area contributed by atoms with Crippen molar-refractivity contribution in [3.63, 3.8) is 0 Å². The molecule has 2 bridgehead atoms. The second-order valence-corrected chi connectivity index (χ2v) is 15.1. The van der Waals surface area contributed by atoms with E-state index in [1.54, 1.807) is 0 Å². The van der Waals surface area contributed by atoms with E-state index in [0.29, 0.717) is 35.3 Å². The molecule has 2 atom stereocenters. The van der Waals surface area contributed by atoms with E-state index in [9.17, 15) is 26.4 Å². The van der Waals surface area contributed by atoms with E-state index in [-0.39, 0.29) is 58.1 Å². The molecule has 8 heterocycles. The Hall–Kier alpha value is -3.34. The van der Waals surface area contributed by atoms with E-state index in [1.165, 1.54) is 11.3 Å². The normalized spacial score (nSPS) is 24.8. The molecule has 9 rings (SSSR count). The second kappa shape index (κ2) is 10.1. The molecule has 0 radical (unpaired) electrons. The van der Waals surface area contributed by atoms with Crippen LogP contribution in [0.1, 0.15) is 46.1 Å². The van der Waals surface area contributed by atoms with Gasteiger partial charge in [-0.3, -0.25) is 4.79 Å². The number of nitrogens with zero attached hydrogens (tertiary/aromatic N) is 5. The Morgan fingerprint density at radius 2 is 1.86 bits per heavy atom. The summed E-state index contributed by atoms with van der Waals surface area (Å²) < 4.78 is 74.0. The number of anilines is 3. The fourth-order valence-electron chi connectivity index (χ4n) is 6.26. The average molecular weight is 648 g/mol. The number of fused-ring (bicyclic) bond motifs is 3. The molecule has 2 N–H and O–H groups in total. The number of thiophene rings is 1. The maximum absolute atomic E-state index is 14.2. The number of piperidine rings is 1. The number of amides is 1. The Morgan fingerprint density at radius 1 is 1.11 bits per heavy atom. The van der Waals surface area contributed by atoms with Gasteiger partial charge in [0.05, 0.1) is 51.9 Å². The quantitative estimate of drug-likeness (QED) is 0.411. The van der Waals surface area contributed by atoms with Gasteiger partial charge in [-0.1, -0.05) is 0 Å². The number of rotatable bonds is 6. The highest BCUT2D eigenvalue weighted by Crippen LogP contribution is 2.45. The number of pyridine rings is 1. The summed E-state index contributed by atoms with van der Waals surface area (Å²) in [6, 6.07) is 5.55. The van der Waals surface area contributed by atoms with Gasteiger partial charge in [0.2, 0.25) is 5.95 Å². The summed E-state index contributed by atoms with van der Waals surface area (Å²) in [6.45, 7) is 2.32. The molecule has 1 saturated carbocycles. The first-order valence-electron chi connectivity index (χ1n) is 14.5. The Morgan fingerprint density at radius 3 is 2.52 bits per heavy atom. The van der Waals surface area contributed by atoms with Gasteiger partial charge < -0.3 is 25.2 Å². The molecule has 16 heteroatoms. The third-order valence-corrected chi connectivity index (χ3v) is 11.8. The number of nitrogens with one attached hydrogen (secondary N) is 2. The van der Waals surface area contributed by atoms with Crippen molar-refractivity contribution in [1.82, 2.24) is 25.2 Å². The Balaban J connectivity index is 1.15. The number of hydrogen-bond acceptors (Lipinski definition) is 11. The first-order valence-corrected chi connectivity index (χ1v) is 17.0. The van der Waals surface area contributed by atoms with Crippen LogP contribution in [0.15, 0.2) is 29.3 Å². The van der Waals surface area contributed by atoms with Gasteiger partial charge in [0, 0.05) is 43.8 Å². The van der Waals surface area contributed by atoms with Crippen LogP contribution < -0.4 is 15.5 Å². The van der Waals surface area contributed by atoms with Crippen molar-refractivity contribution >= 4 is 44.5 Å². The number of piperazine rings is 1. The van der Waals surface area contributed by atoms with Crippen molar-refractivity contribution < 1.29 is 31.1 Å². The predicted molar refractivity (Wildman–Crippen MR) is 155 cm³/mol. The average Bonchev–Trinajstić information content (AvgIpc) is 3.70. The molecule has 0 spiro atoms. The van der Waals surface area contributed by atoms with Crippen LogP contribution in [0.3, 0.4) is 0 Å². The smallest absolute Gasteiger partial charge is 0.377 e. The van der Waals surface area contributed by atoms with E-state index in [0.717, 1.165) is 43.5 Å². The molecule has 4 saturated heterocycles. The largest absolute Gasteiger partial charge is 0.420 e. The molecule has 232 valence electrons. The van der Waals surface area contributed by atoms with Crippen molar-refractivity contribution in [2.45, 2.75) is 54.4 Å². The maximum atomic E-state index is 14.2. The van der Waals surface area contributed by atoms with Crippen molar-refractivity contribution in [3.05, 3.63) is 40.5 Å². The molecule has 11 nitrogen and oxygen atoms in total. The highest BCUT2D eigenvalue weighted by atomic mass is 32.2. The summed E-state index contributed by atoms with van der Waals surface area (Å²) in [4.78, 5) is 29.8. The number of hydrogen-bond donors (Lipinski definition) is 2. The zero-order valence-corrected chi connectivity index (χ0v) is 24.9. The molecule has 6 aliphatic rings. The molecular weight excluding hydrogens is 619 g/mol. The molecule has 0 aromatic carbocycles. The summed E-state index contributed by atoms with van der Waals surface area (Å²) in [5.41, 5.74) is -0.186. The lowest BCUT2D eigenvalue weighted by atomic mass is 9.91. The van der Waals surface area contributed by atoms with Crippen molar-refractivity contribution in [2.75, 3.05) is 48.8 Å². The molecule has 3 aromatic heterocycles. The van der Waals surface area contributed by atoms with Crippen LogP contribution in [-0.4, -0.2) is 90.9 Å². The van der Waals surface area contributed by atoms with E-state index in [2.05, 4.69) is 25.5 Å². The van der Waals surface area contributed by atoms with Crippen LogP contribution in [0.2, 0.25) is 0 Å². The van der Waals surface area contributed by atoms with Crippen LogP contribution in [0.4, 0.5) is 30.6 Å². The first kappa shape index (κ1) is 28.2. The highest BCUT2D eigenvalue weighted by Gasteiger charge is 2.41. The zero-order chi connectivity index (χ0) is 30.4. The monoisotopic (exact) mass is 647 g/mol. The molecule has 5 aliphatic heterocycles. The summed E-state index contributed by atoms with van der Waals surface area (Å²) in [5.74, 6) is 0.157. The summed E-state index contributed by atoms with van der Waals surface area (Å²) >= 11 is 0.700. The Kier molecular flexibility index (Phi) is 6.45. The van der Waals surface area contributed by atoms with Crippen LogP contribution in [0.25, 0.3) is 10.6 Å². The predicted octanol–water partition coefficient (Wildman–Crippen LogP) is 3.42. The minimum atomic E-state index is -4.82. The van der Waals surface area contributed by atoms with Crippen LogP contribution in [0.5, 0.6) is 0 Å². The van der Waals surface area contributed by atoms with E-state index in [1.807, 2.05) is 12.1 Å². The van der Waals surface area contributed by atoms with E-state index in [4.69, 9.17) is 9.72 Å². The molecule has 44 heavy (non-hydrogen) atoms. The van der Waals surface area contributed by atoms with Crippen molar-refractivity contribution in [1.29, 1.82) is 0 Å². The second-order valence-electron chi connectivity index (χ2n) is 12.0. The minimum Gasteiger partial charge on any atom is -0.377 e. The summed E-state index contributed by atoms with van der Waals surface area (Å²) in [7, 11) is -3.93. The summed E-state index contributed by atoms with van der Waals surface area (Å²) in [6.07, 6.45) is -1.04. The first-order chi connectivity index (χ1) is 21.0. The third-order valence-electron chi connectivity index (χ3n) is 8.84. The standard InChI is InChI=1S/C28H28F3N7O4S2/c29-28(30,31)18-9-32-27(34-19-3-4-22(35-23(19)14-1-2-14)37-10-15-7-16(11-37)33-15)36-24(18)20-8-21-25(43-20)26(39)38(17-12-42-13-17)5-6-44(21,40)41/h3-4,8-9,14-17,33H,1-2,5-7,10-13H2,(H,32,34,36). The maximum Gasteiger partial charge on any atom is 0.420 e. The number of alkyl halides is 3. The fourth-order valence-corrected chi connectivity index (χ4v) is 9.17. The van der Waals surface area contributed by atoms with Gasteiger partial charge >= 0.3 is 6.18 Å². The van der Waals surface area contributed by atoms with Crippen LogP contribution >= 0.6 is 11.3 Å². The number of aromatic nitrogens is 3. The van der Waals surface area contributed by atoms with Gasteiger partial charge in [-0.2, -0.15) is 13.2 Å². The Bertz CT molecular complexity index is 1760. The topological polar surface area (TPSA) is 130 Å². The number of ether oxygens (including phenoxy) is 1. The van der Waals surface area contributed by atoms with Gasteiger partial charge in [-0.05, 0) is 37.5 Å². The van der Waals surface area contributed by atoms with Crippen LogP contribution in [0, 0.1) is 0 Å². The molecule has 1 amide bonds. The van der Waals surface area contributed by atoms with Crippen molar-refractivity contribution in [2.24, 2.45) is 0 Å². The lowest BCUT2D eigenvalue weighted by Crippen LogP contribution is -2.67. The van der Waals surface area contributed by atoms with E-state index >= 15 is 0 Å². The molecule has 3 aromatic rings. The van der Waals surface area contributed by atoms with Gasteiger partial charge in [0.25, 0.3) is 5.91 Å². The summed E-state index contributed by atoms with van der Waals surface area (Å²) in [5, 5.41) is 6.59. The Labute approximate surface area is 254 Å². The number of carbonyl (C=O) groups is 1. The molecular formula is C28H28F3N7O4S2. The molecule has 2 unspecified atom stereocenters. The minimum absolute atomic E-state index is 0.00668. The van der Waals surface area contributed by atoms with Gasteiger partial charge in [0.15, 0.2) is 9.84 Å². The van der Waals surface area contributed by atoms with Crippen molar-refractivity contribution in [3.8, 4) is 10.6 Å². The van der Waals surface area contributed by atoms with Gasteiger partial charge in [-0.15, -0.1) is 11.3 Å². The molecule has 1 aliphatic carbocycles. The third kappa shape index (κ3) is 4.91. The van der Waals surface area contributed by atoms with Gasteiger partial charge in [-0.25, -0.2) is 23.4 Å². The highest BCUT2D eigenvalue weighted by molar-refractivity contribution is 7.91. The number of carbonyl (C=O) groups excluding carboxylic acids is 1. The SMILES string of the molecule is O=C1c2sc(-c3nc(Nc4ccc(N5CC6CC(C5)N6)nc4C4CC4)ncc3C(F)(F)F)cc2S(=O)(=O)CCN1C1COC1. The van der Waals surface area contributed by atoms with Gasteiger partial charge in [0.1, 0.15) is 16.3 Å². The number of sulfone groups is 1. The molecule has 5 fully saturated rings. The lowest BCUT2D eigenvalue weighted by molar-refractivity contribution is -0.137. The fraction of sp³-hybridized carbons (Fsp3) is 0.500. The van der Waals surface area contributed by atoms with Crippen LogP contribution in [-0.2, 0) is 20.8 Å². The lowest BCUT2D eigenvalue weighted by Gasteiger charge is -2.48.